The smallest absolute Gasteiger partial charge is 0.303 e. The van der Waals surface area contributed by atoms with Gasteiger partial charge in [-0.3, -0.25) is 19.2 Å². The first-order valence-electron chi connectivity index (χ1n) is 14.6. The highest BCUT2D eigenvalue weighted by molar-refractivity contribution is 7.13. The van der Waals surface area contributed by atoms with Crippen molar-refractivity contribution in [2.24, 2.45) is 5.41 Å². The summed E-state index contributed by atoms with van der Waals surface area (Å²) < 4.78 is 0. The van der Waals surface area contributed by atoms with Crippen molar-refractivity contribution in [3.63, 3.8) is 0 Å². The molecule has 1 aliphatic rings. The van der Waals surface area contributed by atoms with Gasteiger partial charge in [-0.1, -0.05) is 57.9 Å². The average Bonchev–Trinajstić information content (AvgIpc) is 3.53. The van der Waals surface area contributed by atoms with Gasteiger partial charge in [0.2, 0.25) is 17.7 Å². The number of thiazole rings is 1. The lowest BCUT2D eigenvalue weighted by atomic mass is 9.85. The summed E-state index contributed by atoms with van der Waals surface area (Å²) >= 11 is 1.58. The van der Waals surface area contributed by atoms with E-state index in [9.17, 15) is 24.3 Å². The molecule has 0 aliphatic carbocycles. The van der Waals surface area contributed by atoms with Crippen molar-refractivity contribution >= 4 is 35.0 Å². The van der Waals surface area contributed by atoms with Crippen LogP contribution < -0.4 is 10.6 Å². The molecule has 0 radical (unpaired) electrons. The molecule has 3 amide bonds. The second-order valence-electron chi connectivity index (χ2n) is 12.2. The van der Waals surface area contributed by atoms with Crippen LogP contribution in [0.3, 0.4) is 0 Å². The maximum atomic E-state index is 13.8. The van der Waals surface area contributed by atoms with Crippen LogP contribution in [0, 0.1) is 12.3 Å². The highest BCUT2D eigenvalue weighted by Gasteiger charge is 2.44. The Kier molecular flexibility index (Phi) is 11.6. The number of benzene rings is 1. The van der Waals surface area contributed by atoms with Crippen LogP contribution in [0.25, 0.3) is 10.4 Å². The van der Waals surface area contributed by atoms with E-state index in [1.54, 1.807) is 11.3 Å². The number of aliphatic hydroxyl groups is 1. The summed E-state index contributed by atoms with van der Waals surface area (Å²) in [5.41, 5.74) is 4.12. The van der Waals surface area contributed by atoms with Crippen LogP contribution in [0.15, 0.2) is 29.8 Å². The van der Waals surface area contributed by atoms with Crippen molar-refractivity contribution in [1.29, 1.82) is 0 Å². The number of rotatable bonds is 13. The normalized spacial score (nSPS) is 18.4. The Hall–Kier alpha value is -3.31. The summed E-state index contributed by atoms with van der Waals surface area (Å²) in [6.07, 6.45) is 2.21. The number of nitrogens with zero attached hydrogens (tertiary/aromatic N) is 2. The third-order valence-corrected chi connectivity index (χ3v) is 8.58. The van der Waals surface area contributed by atoms with Gasteiger partial charge >= 0.3 is 5.97 Å². The first-order valence-corrected chi connectivity index (χ1v) is 15.5. The molecule has 0 bridgehead atoms. The Morgan fingerprint density at radius 2 is 1.69 bits per heavy atom. The number of carbonyl (C=O) groups excluding carboxylic acids is 3. The van der Waals surface area contributed by atoms with Crippen molar-refractivity contribution in [1.82, 2.24) is 20.5 Å². The molecule has 10 nitrogen and oxygen atoms in total. The molecule has 1 aliphatic heterocycles. The number of hydrogen-bond donors (Lipinski definition) is 4. The van der Waals surface area contributed by atoms with E-state index in [-0.39, 0.29) is 43.7 Å². The van der Waals surface area contributed by atoms with Crippen molar-refractivity contribution < 1.29 is 29.4 Å². The number of β-amino-alcohol motifs (C(OH)–C–C–N with tert-alkyl or cyclic N) is 1. The van der Waals surface area contributed by atoms with E-state index in [4.69, 9.17) is 5.11 Å². The molecule has 2 aromatic rings. The van der Waals surface area contributed by atoms with E-state index in [0.717, 1.165) is 34.5 Å². The minimum atomic E-state index is -0.877. The Bertz CT molecular complexity index is 1240. The molecule has 0 spiro atoms. The number of amides is 3. The van der Waals surface area contributed by atoms with Gasteiger partial charge in [-0.05, 0) is 43.2 Å². The molecule has 1 fully saturated rings. The number of carboxylic acid groups (broad SMARTS) is 1. The molecule has 230 valence electrons. The quantitative estimate of drug-likeness (QED) is 0.252. The second-order valence-corrected chi connectivity index (χ2v) is 13.0. The van der Waals surface area contributed by atoms with Gasteiger partial charge in [0.1, 0.15) is 12.1 Å². The number of nitrogens with one attached hydrogen (secondary N) is 2. The summed E-state index contributed by atoms with van der Waals surface area (Å²) in [5, 5.41) is 25.1. The average molecular weight is 601 g/mol. The largest absolute Gasteiger partial charge is 0.481 e. The third kappa shape index (κ3) is 9.09. The van der Waals surface area contributed by atoms with E-state index in [2.05, 4.69) is 15.6 Å². The SMILES string of the molecule is Cc1ncsc1-c1ccc([C@H](C)NC(=O)C2C[C@@H](O)CN2C(=O)[C@@H](NC(=O)CCCCCCC(=O)O)C(C)(C)C)cc1. The van der Waals surface area contributed by atoms with E-state index in [0.29, 0.717) is 12.8 Å². The minimum Gasteiger partial charge on any atom is -0.481 e. The number of carboxylic acids is 1. The number of carbonyl (C=O) groups is 4. The van der Waals surface area contributed by atoms with Gasteiger partial charge in [-0.15, -0.1) is 11.3 Å². The number of unbranched alkanes of at least 4 members (excludes halogenated alkanes) is 3. The first kappa shape index (κ1) is 33.2. The van der Waals surface area contributed by atoms with Crippen molar-refractivity contribution in [3.8, 4) is 10.4 Å². The number of aryl methyl sites for hydroxylation is 1. The predicted molar refractivity (Wildman–Crippen MR) is 162 cm³/mol. The van der Waals surface area contributed by atoms with Crippen molar-refractivity contribution in [2.75, 3.05) is 6.54 Å². The van der Waals surface area contributed by atoms with Crippen LogP contribution in [0.2, 0.25) is 0 Å². The lowest BCUT2D eigenvalue weighted by Gasteiger charge is -2.35. The summed E-state index contributed by atoms with van der Waals surface area (Å²) in [4.78, 5) is 57.4. The van der Waals surface area contributed by atoms with Crippen LogP contribution in [0.1, 0.15) is 89.9 Å². The summed E-state index contributed by atoms with van der Waals surface area (Å²) in [7, 11) is 0. The van der Waals surface area contributed by atoms with Gasteiger partial charge < -0.3 is 25.7 Å². The molecule has 1 unspecified atom stereocenters. The zero-order chi connectivity index (χ0) is 31.0. The fraction of sp³-hybridized carbons (Fsp3) is 0.581. The van der Waals surface area contributed by atoms with Crippen LogP contribution in [0.5, 0.6) is 0 Å². The number of likely N-dealkylation sites (tertiary alicyclic amines) is 1. The summed E-state index contributed by atoms with van der Waals surface area (Å²) in [6.45, 7) is 9.41. The molecule has 1 saturated heterocycles. The fourth-order valence-corrected chi connectivity index (χ4v) is 5.98. The fourth-order valence-electron chi connectivity index (χ4n) is 5.16. The lowest BCUT2D eigenvalue weighted by molar-refractivity contribution is -0.144. The molecule has 4 N–H and O–H groups in total. The minimum absolute atomic E-state index is 0.0141. The lowest BCUT2D eigenvalue weighted by Crippen LogP contribution is -2.57. The maximum Gasteiger partial charge on any atom is 0.303 e. The standard InChI is InChI=1S/C31H44N4O6S/c1-19(21-12-14-22(15-13-21)27-20(2)32-18-42-27)33-29(40)24-16-23(36)17-35(24)30(41)28(31(3,4)5)34-25(37)10-8-6-7-9-11-26(38)39/h12-15,18-19,23-24,28,36H,6-11,16-17H2,1-5H3,(H,33,40)(H,34,37)(H,38,39)/t19-,23+,24?,28+/m0/s1. The van der Waals surface area contributed by atoms with Gasteiger partial charge in [0.15, 0.2) is 0 Å². The second kappa shape index (κ2) is 14.7. The van der Waals surface area contributed by atoms with Crippen LogP contribution in [0.4, 0.5) is 0 Å². The summed E-state index contributed by atoms with van der Waals surface area (Å²) in [5.74, 6) is -1.85. The zero-order valence-corrected chi connectivity index (χ0v) is 26.0. The molecule has 4 atom stereocenters. The van der Waals surface area contributed by atoms with Crippen LogP contribution >= 0.6 is 11.3 Å². The van der Waals surface area contributed by atoms with Crippen molar-refractivity contribution in [2.45, 2.75) is 104 Å². The third-order valence-electron chi connectivity index (χ3n) is 7.60. The topological polar surface area (TPSA) is 149 Å². The van der Waals surface area contributed by atoms with E-state index >= 15 is 0 Å². The van der Waals surface area contributed by atoms with Crippen molar-refractivity contribution in [3.05, 3.63) is 41.0 Å². The molecule has 1 aromatic carbocycles. The predicted octanol–water partition coefficient (Wildman–Crippen LogP) is 4.21. The number of aromatic nitrogens is 1. The maximum absolute atomic E-state index is 13.8. The highest BCUT2D eigenvalue weighted by atomic mass is 32.1. The number of aliphatic hydroxyl groups excluding tert-OH is 1. The van der Waals surface area contributed by atoms with Gasteiger partial charge in [0.05, 0.1) is 28.2 Å². The molecule has 2 heterocycles. The van der Waals surface area contributed by atoms with Gasteiger partial charge in [0.25, 0.3) is 0 Å². The number of aliphatic carboxylic acids is 1. The number of hydrogen-bond acceptors (Lipinski definition) is 7. The Morgan fingerprint density at radius 3 is 2.26 bits per heavy atom. The van der Waals surface area contributed by atoms with Gasteiger partial charge in [0, 0.05) is 25.8 Å². The van der Waals surface area contributed by atoms with Gasteiger partial charge in [-0.2, -0.15) is 0 Å². The zero-order valence-electron chi connectivity index (χ0n) is 25.2. The molecule has 1 aromatic heterocycles. The van der Waals surface area contributed by atoms with E-state index in [1.165, 1.54) is 4.90 Å². The molecule has 3 rings (SSSR count). The Labute approximate surface area is 251 Å². The van der Waals surface area contributed by atoms with Crippen LogP contribution in [-0.4, -0.2) is 68.5 Å². The molecular weight excluding hydrogens is 556 g/mol. The van der Waals surface area contributed by atoms with Crippen LogP contribution in [-0.2, 0) is 19.2 Å². The Balaban J connectivity index is 1.62. The molecule has 11 heteroatoms. The van der Waals surface area contributed by atoms with Gasteiger partial charge in [-0.25, -0.2) is 4.98 Å². The monoisotopic (exact) mass is 600 g/mol. The highest BCUT2D eigenvalue weighted by Crippen LogP contribution is 2.29. The first-order chi connectivity index (χ1) is 19.8. The van der Waals surface area contributed by atoms with E-state index < -0.39 is 35.5 Å². The molecule has 0 saturated carbocycles. The molecular formula is C31H44N4O6S. The Morgan fingerprint density at radius 1 is 1.05 bits per heavy atom. The summed E-state index contributed by atoms with van der Waals surface area (Å²) in [6, 6.07) is 5.87. The van der Waals surface area contributed by atoms with E-state index in [1.807, 2.05) is 64.4 Å². The molecule has 42 heavy (non-hydrogen) atoms.